The van der Waals surface area contributed by atoms with Gasteiger partial charge in [0.15, 0.2) is 0 Å². The van der Waals surface area contributed by atoms with E-state index < -0.39 is 16.0 Å². The minimum Gasteiger partial charge on any atom is -0.423 e. The van der Waals surface area contributed by atoms with E-state index in [9.17, 15) is 13.2 Å². The molecule has 1 aliphatic heterocycles. The van der Waals surface area contributed by atoms with Crippen LogP contribution in [0.15, 0.2) is 47.4 Å². The number of benzene rings is 2. The van der Waals surface area contributed by atoms with Crippen molar-refractivity contribution in [2.45, 2.75) is 50.8 Å². The highest BCUT2D eigenvalue weighted by atomic mass is 32.2. The summed E-state index contributed by atoms with van der Waals surface area (Å²) in [5.41, 5.74) is 2.61. The zero-order chi connectivity index (χ0) is 20.3. The van der Waals surface area contributed by atoms with Crippen molar-refractivity contribution in [3.05, 3.63) is 59.2 Å². The minimum absolute atomic E-state index is 0.211. The summed E-state index contributed by atoms with van der Waals surface area (Å²) >= 11 is 0. The average molecular weight is 402 g/mol. The van der Waals surface area contributed by atoms with Gasteiger partial charge in [-0.25, -0.2) is 13.2 Å². The number of hydrogen-bond donors (Lipinski definition) is 0. The summed E-state index contributed by atoms with van der Waals surface area (Å²) in [6.45, 7) is 7.34. The Bertz CT molecular complexity index is 943. The molecule has 5 nitrogen and oxygen atoms in total. The van der Waals surface area contributed by atoms with E-state index >= 15 is 0 Å². The van der Waals surface area contributed by atoms with Gasteiger partial charge in [-0.3, -0.25) is 0 Å². The van der Waals surface area contributed by atoms with Gasteiger partial charge in [-0.2, -0.15) is 4.31 Å². The van der Waals surface area contributed by atoms with Crippen molar-refractivity contribution in [1.29, 1.82) is 0 Å². The molecule has 6 heteroatoms. The Hall–Kier alpha value is -2.18. The maximum absolute atomic E-state index is 12.7. The van der Waals surface area contributed by atoms with Gasteiger partial charge in [0, 0.05) is 13.1 Å². The van der Waals surface area contributed by atoms with Crippen LogP contribution in [0, 0.1) is 6.92 Å². The van der Waals surface area contributed by atoms with E-state index in [1.807, 2.05) is 19.1 Å². The first-order valence-corrected chi connectivity index (χ1v) is 11.2. The maximum atomic E-state index is 12.7. The summed E-state index contributed by atoms with van der Waals surface area (Å²) in [4.78, 5) is 12.6. The van der Waals surface area contributed by atoms with Gasteiger partial charge in [0.2, 0.25) is 10.0 Å². The van der Waals surface area contributed by atoms with Crippen LogP contribution >= 0.6 is 0 Å². The SMILES string of the molecule is Cc1cc(OC(=O)c2ccc(S(=O)(=O)N3CCCCC3)cc2)ccc1C(C)C. The summed E-state index contributed by atoms with van der Waals surface area (Å²) in [6, 6.07) is 11.6. The lowest BCUT2D eigenvalue weighted by Gasteiger charge is -2.25. The Labute approximate surface area is 167 Å². The fourth-order valence-corrected chi connectivity index (χ4v) is 5.06. The number of aryl methyl sites for hydroxylation is 1. The second-order valence-electron chi connectivity index (χ2n) is 7.55. The average Bonchev–Trinajstić information content (AvgIpc) is 2.68. The second-order valence-corrected chi connectivity index (χ2v) is 9.49. The molecule has 1 fully saturated rings. The third kappa shape index (κ3) is 4.45. The molecule has 1 heterocycles. The van der Waals surface area contributed by atoms with Gasteiger partial charge in [-0.15, -0.1) is 0 Å². The molecule has 2 aromatic carbocycles. The van der Waals surface area contributed by atoms with Gasteiger partial charge >= 0.3 is 5.97 Å². The molecule has 1 aliphatic rings. The van der Waals surface area contributed by atoms with Gasteiger partial charge in [0.1, 0.15) is 5.75 Å². The third-order valence-corrected chi connectivity index (χ3v) is 7.03. The number of nitrogens with zero attached hydrogens (tertiary/aromatic N) is 1. The van der Waals surface area contributed by atoms with Gasteiger partial charge < -0.3 is 4.74 Å². The van der Waals surface area contributed by atoms with Crippen LogP contribution in [0.4, 0.5) is 0 Å². The lowest BCUT2D eigenvalue weighted by Crippen LogP contribution is -2.35. The Balaban J connectivity index is 1.72. The van der Waals surface area contributed by atoms with Gasteiger partial charge in [-0.05, 0) is 73.2 Å². The molecule has 0 N–H and O–H groups in total. The molecule has 0 aliphatic carbocycles. The zero-order valence-corrected chi connectivity index (χ0v) is 17.5. The van der Waals surface area contributed by atoms with E-state index in [4.69, 9.17) is 4.74 Å². The largest absolute Gasteiger partial charge is 0.423 e. The molecule has 0 amide bonds. The molecule has 0 radical (unpaired) electrons. The number of ether oxygens (including phenoxy) is 1. The fourth-order valence-electron chi connectivity index (χ4n) is 3.54. The van der Waals surface area contributed by atoms with Crippen molar-refractivity contribution in [3.63, 3.8) is 0 Å². The molecule has 150 valence electrons. The first kappa shape index (κ1) is 20.6. The van der Waals surface area contributed by atoms with Crippen molar-refractivity contribution in [2.75, 3.05) is 13.1 Å². The zero-order valence-electron chi connectivity index (χ0n) is 16.6. The van der Waals surface area contributed by atoms with Gasteiger partial charge in [0.25, 0.3) is 0 Å². The first-order chi connectivity index (χ1) is 13.3. The van der Waals surface area contributed by atoms with Crippen LogP contribution in [0.3, 0.4) is 0 Å². The molecular weight excluding hydrogens is 374 g/mol. The van der Waals surface area contributed by atoms with Crippen molar-refractivity contribution in [3.8, 4) is 5.75 Å². The number of carbonyl (C=O) groups excluding carboxylic acids is 1. The summed E-state index contributed by atoms with van der Waals surface area (Å²) in [7, 11) is -3.50. The molecule has 0 bridgehead atoms. The lowest BCUT2D eigenvalue weighted by molar-refractivity contribution is 0.0734. The number of rotatable bonds is 5. The first-order valence-electron chi connectivity index (χ1n) is 9.72. The quantitative estimate of drug-likeness (QED) is 0.546. The number of sulfonamides is 1. The van der Waals surface area contributed by atoms with Crippen LogP contribution in [-0.2, 0) is 10.0 Å². The molecule has 0 unspecified atom stereocenters. The van der Waals surface area contributed by atoms with E-state index in [0.29, 0.717) is 30.3 Å². The van der Waals surface area contributed by atoms with Gasteiger partial charge in [-0.1, -0.05) is 26.3 Å². The fraction of sp³-hybridized carbons (Fsp3) is 0.409. The van der Waals surface area contributed by atoms with Gasteiger partial charge in [0.05, 0.1) is 10.5 Å². The monoisotopic (exact) mass is 401 g/mol. The third-order valence-electron chi connectivity index (χ3n) is 5.12. The molecule has 1 saturated heterocycles. The van der Waals surface area contributed by atoms with E-state index in [-0.39, 0.29) is 4.90 Å². The highest BCUT2D eigenvalue weighted by Gasteiger charge is 2.26. The highest BCUT2D eigenvalue weighted by Crippen LogP contribution is 2.25. The predicted molar refractivity (Wildman–Crippen MR) is 109 cm³/mol. The van der Waals surface area contributed by atoms with Crippen molar-refractivity contribution >= 4 is 16.0 Å². The normalized spacial score (nSPS) is 15.6. The van der Waals surface area contributed by atoms with Crippen LogP contribution in [0.1, 0.15) is 60.5 Å². The van der Waals surface area contributed by atoms with Crippen LogP contribution in [0.5, 0.6) is 5.75 Å². The molecular formula is C22H27NO4S. The molecule has 2 aromatic rings. The summed E-state index contributed by atoms with van der Waals surface area (Å²) in [5, 5.41) is 0. The predicted octanol–water partition coefficient (Wildman–Crippen LogP) is 4.51. The number of hydrogen-bond acceptors (Lipinski definition) is 4. The maximum Gasteiger partial charge on any atom is 0.343 e. The second kappa shape index (κ2) is 8.45. The van der Waals surface area contributed by atoms with Crippen LogP contribution < -0.4 is 4.74 Å². The molecule has 0 spiro atoms. The van der Waals surface area contributed by atoms with Crippen molar-refractivity contribution < 1.29 is 17.9 Å². The smallest absolute Gasteiger partial charge is 0.343 e. The molecule has 0 aromatic heterocycles. The van der Waals surface area contributed by atoms with E-state index in [1.54, 1.807) is 6.07 Å². The standard InChI is InChI=1S/C22H27NO4S/c1-16(2)21-12-9-19(15-17(21)3)27-22(24)18-7-10-20(11-8-18)28(25,26)23-13-5-4-6-14-23/h7-12,15-16H,4-6,13-14H2,1-3H3. The Morgan fingerprint density at radius 2 is 1.64 bits per heavy atom. The number of piperidine rings is 1. The minimum atomic E-state index is -3.50. The number of carbonyl (C=O) groups is 1. The van der Waals surface area contributed by atoms with Crippen LogP contribution in [0.25, 0.3) is 0 Å². The highest BCUT2D eigenvalue weighted by molar-refractivity contribution is 7.89. The van der Waals surface area contributed by atoms with Crippen molar-refractivity contribution in [1.82, 2.24) is 4.31 Å². The topological polar surface area (TPSA) is 63.7 Å². The van der Waals surface area contributed by atoms with Crippen molar-refractivity contribution in [2.24, 2.45) is 0 Å². The molecule has 28 heavy (non-hydrogen) atoms. The van der Waals surface area contributed by atoms with E-state index in [1.165, 1.54) is 34.1 Å². The molecule has 0 atom stereocenters. The van der Waals surface area contributed by atoms with Crippen LogP contribution in [-0.4, -0.2) is 31.8 Å². The summed E-state index contributed by atoms with van der Waals surface area (Å²) in [5.74, 6) is 0.384. The Kier molecular flexibility index (Phi) is 6.20. The summed E-state index contributed by atoms with van der Waals surface area (Å²) in [6.07, 6.45) is 2.84. The van der Waals surface area contributed by atoms with Crippen LogP contribution in [0.2, 0.25) is 0 Å². The Morgan fingerprint density at radius 1 is 1.00 bits per heavy atom. The molecule has 0 saturated carbocycles. The molecule has 3 rings (SSSR count). The van der Waals surface area contributed by atoms with E-state index in [0.717, 1.165) is 24.8 Å². The lowest BCUT2D eigenvalue weighted by atomic mass is 9.98. The Morgan fingerprint density at radius 3 is 2.21 bits per heavy atom. The number of esters is 1. The van der Waals surface area contributed by atoms with E-state index in [2.05, 4.69) is 13.8 Å². The summed E-state index contributed by atoms with van der Waals surface area (Å²) < 4.78 is 32.4.